The summed E-state index contributed by atoms with van der Waals surface area (Å²) in [5.74, 6) is 0.404. The Bertz CT molecular complexity index is 726. The van der Waals surface area contributed by atoms with Gasteiger partial charge in [0.25, 0.3) is 0 Å². The van der Waals surface area contributed by atoms with Gasteiger partial charge in [0, 0.05) is 6.42 Å². The van der Waals surface area contributed by atoms with Gasteiger partial charge in [0.1, 0.15) is 5.75 Å². The van der Waals surface area contributed by atoms with Crippen LogP contribution in [0.1, 0.15) is 36.5 Å². The van der Waals surface area contributed by atoms with Crippen LogP contribution in [0.3, 0.4) is 0 Å². The maximum absolute atomic E-state index is 10.5. The van der Waals surface area contributed by atoms with Gasteiger partial charge in [-0.25, -0.2) is 0 Å². The third-order valence-electron chi connectivity index (χ3n) is 4.51. The molecule has 0 radical (unpaired) electrons. The summed E-state index contributed by atoms with van der Waals surface area (Å²) in [7, 11) is 0. The summed E-state index contributed by atoms with van der Waals surface area (Å²) in [5.41, 5.74) is 1.63. The van der Waals surface area contributed by atoms with Gasteiger partial charge in [-0.3, -0.25) is 0 Å². The molecule has 1 saturated heterocycles. The molecule has 6 heteroatoms. The van der Waals surface area contributed by atoms with Crippen molar-refractivity contribution in [2.75, 3.05) is 19.8 Å². The van der Waals surface area contributed by atoms with Gasteiger partial charge in [-0.15, -0.1) is 0 Å². The Morgan fingerprint density at radius 1 is 1.04 bits per heavy atom. The molecule has 27 heavy (non-hydrogen) atoms. The summed E-state index contributed by atoms with van der Waals surface area (Å²) in [6.45, 7) is 1.94. The molecular formula is C21H26O6. The van der Waals surface area contributed by atoms with Crippen LogP contribution in [0.25, 0.3) is 0 Å². The molecule has 3 rings (SSSR count). The molecular weight excluding hydrogens is 348 g/mol. The first-order valence-corrected chi connectivity index (χ1v) is 9.27. The molecule has 0 spiro atoms. The molecule has 6 nitrogen and oxygen atoms in total. The first kappa shape index (κ1) is 19.5. The summed E-state index contributed by atoms with van der Waals surface area (Å²) >= 11 is 0. The van der Waals surface area contributed by atoms with Gasteiger partial charge in [-0.05, 0) is 54.7 Å². The second-order valence-electron chi connectivity index (χ2n) is 6.61. The van der Waals surface area contributed by atoms with Crippen molar-refractivity contribution in [1.29, 1.82) is 0 Å². The van der Waals surface area contributed by atoms with E-state index in [-0.39, 0.29) is 17.8 Å². The van der Waals surface area contributed by atoms with Crippen molar-refractivity contribution in [2.45, 2.75) is 38.1 Å². The molecule has 1 aliphatic heterocycles. The third kappa shape index (κ3) is 5.85. The van der Waals surface area contributed by atoms with Gasteiger partial charge < -0.3 is 29.5 Å². The standard InChI is InChI=1S/C21H26O6/c22-18(7-5-15-6-8-19(23)20(24)13-15)16-3-1-4-17(14-16)25-12-9-21-26-10-2-11-27-21/h1,3-4,6,8,13-14,18,21-24H,2,5,7,9-12H2/t18-/m1/s1. The zero-order valence-corrected chi connectivity index (χ0v) is 15.2. The normalized spacial score (nSPS) is 16.2. The first-order chi connectivity index (χ1) is 13.1. The number of ether oxygens (including phenoxy) is 3. The van der Waals surface area contributed by atoms with Gasteiger partial charge >= 0.3 is 0 Å². The lowest BCUT2D eigenvalue weighted by molar-refractivity contribution is -0.183. The van der Waals surface area contributed by atoms with E-state index in [9.17, 15) is 15.3 Å². The van der Waals surface area contributed by atoms with E-state index in [1.807, 2.05) is 24.3 Å². The summed E-state index contributed by atoms with van der Waals surface area (Å²) < 4.78 is 16.7. The van der Waals surface area contributed by atoms with Crippen LogP contribution in [0, 0.1) is 0 Å². The number of benzene rings is 2. The fourth-order valence-electron chi connectivity index (χ4n) is 2.98. The summed E-state index contributed by atoms with van der Waals surface area (Å²) in [6.07, 6.45) is 1.83. The monoisotopic (exact) mass is 374 g/mol. The smallest absolute Gasteiger partial charge is 0.160 e. The Morgan fingerprint density at radius 2 is 1.85 bits per heavy atom. The lowest BCUT2D eigenvalue weighted by Crippen LogP contribution is -2.26. The molecule has 146 valence electrons. The number of aryl methyl sites for hydroxylation is 1. The lowest BCUT2D eigenvalue weighted by atomic mass is 10.0. The van der Waals surface area contributed by atoms with E-state index >= 15 is 0 Å². The Morgan fingerprint density at radius 3 is 2.63 bits per heavy atom. The Kier molecular flexibility index (Phi) is 6.92. The first-order valence-electron chi connectivity index (χ1n) is 9.27. The number of hydrogen-bond acceptors (Lipinski definition) is 6. The Hall–Kier alpha value is -2.28. The largest absolute Gasteiger partial charge is 0.504 e. The number of hydrogen-bond donors (Lipinski definition) is 3. The van der Waals surface area contributed by atoms with Crippen molar-refractivity contribution >= 4 is 0 Å². The molecule has 2 aromatic carbocycles. The summed E-state index contributed by atoms with van der Waals surface area (Å²) in [5, 5.41) is 29.4. The highest BCUT2D eigenvalue weighted by Gasteiger charge is 2.14. The second-order valence-corrected chi connectivity index (χ2v) is 6.61. The van der Waals surface area contributed by atoms with Crippen molar-refractivity contribution in [3.63, 3.8) is 0 Å². The average molecular weight is 374 g/mol. The maximum Gasteiger partial charge on any atom is 0.160 e. The van der Waals surface area contributed by atoms with E-state index < -0.39 is 6.10 Å². The lowest BCUT2D eigenvalue weighted by Gasteiger charge is -2.23. The van der Waals surface area contributed by atoms with Crippen LogP contribution < -0.4 is 4.74 Å². The van der Waals surface area contributed by atoms with E-state index in [0.29, 0.717) is 31.6 Å². The maximum atomic E-state index is 10.5. The second kappa shape index (κ2) is 9.60. The molecule has 3 N–H and O–H groups in total. The van der Waals surface area contributed by atoms with E-state index in [0.717, 1.165) is 30.8 Å². The van der Waals surface area contributed by atoms with Gasteiger partial charge in [-0.2, -0.15) is 0 Å². The zero-order valence-electron chi connectivity index (χ0n) is 15.2. The highest BCUT2D eigenvalue weighted by molar-refractivity contribution is 5.40. The minimum atomic E-state index is -0.644. The quantitative estimate of drug-likeness (QED) is 0.615. The van der Waals surface area contributed by atoms with E-state index in [1.165, 1.54) is 12.1 Å². The molecule has 1 atom stereocenters. The van der Waals surface area contributed by atoms with Crippen molar-refractivity contribution in [2.24, 2.45) is 0 Å². The van der Waals surface area contributed by atoms with Crippen molar-refractivity contribution in [3.05, 3.63) is 53.6 Å². The molecule has 0 unspecified atom stereocenters. The minimum absolute atomic E-state index is 0.145. The number of aliphatic hydroxyl groups excluding tert-OH is 1. The zero-order chi connectivity index (χ0) is 19.1. The van der Waals surface area contributed by atoms with Crippen LogP contribution in [0.5, 0.6) is 17.2 Å². The highest BCUT2D eigenvalue weighted by Crippen LogP contribution is 2.28. The number of phenolic OH excluding ortho intramolecular Hbond substituents is 2. The van der Waals surface area contributed by atoms with Crippen LogP contribution in [-0.4, -0.2) is 41.4 Å². The van der Waals surface area contributed by atoms with Crippen LogP contribution in [0.2, 0.25) is 0 Å². The summed E-state index contributed by atoms with van der Waals surface area (Å²) in [6, 6.07) is 12.1. The fraction of sp³-hybridized carbons (Fsp3) is 0.429. The van der Waals surface area contributed by atoms with Crippen molar-refractivity contribution in [1.82, 2.24) is 0 Å². The molecule has 0 aromatic heterocycles. The highest BCUT2D eigenvalue weighted by atomic mass is 16.7. The van der Waals surface area contributed by atoms with E-state index in [2.05, 4.69) is 0 Å². The number of rotatable bonds is 8. The third-order valence-corrected chi connectivity index (χ3v) is 4.51. The predicted molar refractivity (Wildman–Crippen MR) is 99.9 cm³/mol. The molecule has 1 heterocycles. The van der Waals surface area contributed by atoms with E-state index in [4.69, 9.17) is 14.2 Å². The van der Waals surface area contributed by atoms with Gasteiger partial charge in [0.15, 0.2) is 17.8 Å². The van der Waals surface area contributed by atoms with Gasteiger partial charge in [0.05, 0.1) is 25.9 Å². The average Bonchev–Trinajstić information content (AvgIpc) is 2.70. The fourth-order valence-corrected chi connectivity index (χ4v) is 2.98. The molecule has 0 bridgehead atoms. The molecule has 1 aliphatic rings. The van der Waals surface area contributed by atoms with E-state index in [1.54, 1.807) is 6.07 Å². The predicted octanol–water partition coefficient (Wildman–Crippen LogP) is 3.30. The van der Waals surface area contributed by atoms with Crippen molar-refractivity contribution < 1.29 is 29.5 Å². The molecule has 2 aromatic rings. The molecule has 0 saturated carbocycles. The molecule has 0 amide bonds. The number of aliphatic hydroxyl groups is 1. The number of aromatic hydroxyl groups is 2. The topological polar surface area (TPSA) is 88.4 Å². The molecule has 1 fully saturated rings. The SMILES string of the molecule is Oc1ccc(CC[C@@H](O)c2cccc(OCCC3OCCCO3)c2)cc1O. The Labute approximate surface area is 158 Å². The van der Waals surface area contributed by atoms with Crippen LogP contribution in [0.4, 0.5) is 0 Å². The van der Waals surface area contributed by atoms with Crippen molar-refractivity contribution in [3.8, 4) is 17.2 Å². The van der Waals surface area contributed by atoms with Gasteiger partial charge in [0.2, 0.25) is 0 Å². The van der Waals surface area contributed by atoms with Crippen LogP contribution in [0.15, 0.2) is 42.5 Å². The van der Waals surface area contributed by atoms with Crippen LogP contribution >= 0.6 is 0 Å². The number of phenols is 2. The van der Waals surface area contributed by atoms with Crippen LogP contribution in [-0.2, 0) is 15.9 Å². The summed E-state index contributed by atoms with van der Waals surface area (Å²) in [4.78, 5) is 0. The minimum Gasteiger partial charge on any atom is -0.504 e. The molecule has 0 aliphatic carbocycles. The van der Waals surface area contributed by atoms with Gasteiger partial charge in [-0.1, -0.05) is 18.2 Å². The Balaban J connectivity index is 1.48.